The molecule has 3 nitrogen and oxygen atoms in total. The molecule has 66 valence electrons. The van der Waals surface area contributed by atoms with Gasteiger partial charge in [0.15, 0.2) is 0 Å². The maximum absolute atomic E-state index is 9.30. The lowest BCUT2D eigenvalue weighted by atomic mass is 10.2. The van der Waals surface area contributed by atoms with Gasteiger partial charge in [-0.15, -0.1) is 0 Å². The smallest absolute Gasteiger partial charge is 0.0970 e. The van der Waals surface area contributed by atoms with Crippen LogP contribution in [0.1, 0.15) is 19.8 Å². The van der Waals surface area contributed by atoms with Crippen LogP contribution in [-0.4, -0.2) is 37.0 Å². The average Bonchev–Trinajstić information content (AvgIpc) is 2.37. The van der Waals surface area contributed by atoms with Crippen molar-refractivity contribution in [1.82, 2.24) is 5.32 Å². The first-order chi connectivity index (χ1) is 5.34. The molecule has 0 aliphatic carbocycles. The highest BCUT2D eigenvalue weighted by Gasteiger charge is 2.24. The molecule has 1 heterocycles. The minimum Gasteiger partial charge on any atom is -0.389 e. The van der Waals surface area contributed by atoms with Gasteiger partial charge in [-0.25, -0.2) is 0 Å². The highest BCUT2D eigenvalue weighted by atomic mass is 16.5. The fraction of sp³-hybridized carbons (Fsp3) is 1.00. The molecule has 1 saturated heterocycles. The maximum atomic E-state index is 9.30. The minimum atomic E-state index is -0.299. The van der Waals surface area contributed by atoms with Gasteiger partial charge >= 0.3 is 0 Å². The first-order valence-corrected chi connectivity index (χ1v) is 4.35. The zero-order valence-corrected chi connectivity index (χ0v) is 7.05. The topological polar surface area (TPSA) is 41.5 Å². The second-order valence-corrected chi connectivity index (χ2v) is 2.99. The molecule has 2 N–H and O–H groups in total. The van der Waals surface area contributed by atoms with Crippen molar-refractivity contribution in [3.05, 3.63) is 0 Å². The molecule has 2 atom stereocenters. The van der Waals surface area contributed by atoms with Gasteiger partial charge in [0, 0.05) is 19.7 Å². The predicted molar refractivity (Wildman–Crippen MR) is 43.5 cm³/mol. The molecule has 1 rings (SSSR count). The summed E-state index contributed by atoms with van der Waals surface area (Å²) in [5.74, 6) is 0. The first-order valence-electron chi connectivity index (χ1n) is 4.35. The molecule has 0 bridgehead atoms. The number of rotatable bonds is 4. The van der Waals surface area contributed by atoms with Crippen molar-refractivity contribution in [3.8, 4) is 0 Å². The van der Waals surface area contributed by atoms with Crippen LogP contribution in [0.4, 0.5) is 0 Å². The van der Waals surface area contributed by atoms with E-state index in [-0.39, 0.29) is 12.2 Å². The highest BCUT2D eigenvalue weighted by Crippen LogP contribution is 2.05. The molecule has 0 aromatic heterocycles. The van der Waals surface area contributed by atoms with E-state index in [2.05, 4.69) is 12.2 Å². The van der Waals surface area contributed by atoms with Gasteiger partial charge in [0.25, 0.3) is 0 Å². The highest BCUT2D eigenvalue weighted by molar-refractivity contribution is 4.80. The van der Waals surface area contributed by atoms with Crippen LogP contribution in [0.2, 0.25) is 0 Å². The van der Waals surface area contributed by atoms with Crippen molar-refractivity contribution in [1.29, 1.82) is 0 Å². The van der Waals surface area contributed by atoms with Gasteiger partial charge < -0.3 is 15.2 Å². The fourth-order valence-corrected chi connectivity index (χ4v) is 1.19. The quantitative estimate of drug-likeness (QED) is 0.573. The van der Waals surface area contributed by atoms with E-state index in [1.165, 1.54) is 0 Å². The SMILES string of the molecule is CCCCOC1CNCC1O. The van der Waals surface area contributed by atoms with E-state index in [9.17, 15) is 5.11 Å². The third-order valence-electron chi connectivity index (χ3n) is 1.96. The van der Waals surface area contributed by atoms with Crippen LogP contribution < -0.4 is 5.32 Å². The molecule has 0 radical (unpaired) electrons. The number of aliphatic hydroxyl groups excluding tert-OH is 1. The number of ether oxygens (including phenoxy) is 1. The molecule has 0 saturated carbocycles. The Morgan fingerprint density at radius 1 is 1.55 bits per heavy atom. The van der Waals surface area contributed by atoms with E-state index in [0.29, 0.717) is 6.54 Å². The number of hydrogen-bond acceptors (Lipinski definition) is 3. The molecule has 11 heavy (non-hydrogen) atoms. The van der Waals surface area contributed by atoms with Crippen molar-refractivity contribution in [2.45, 2.75) is 32.0 Å². The lowest BCUT2D eigenvalue weighted by Crippen LogP contribution is -2.27. The lowest BCUT2D eigenvalue weighted by molar-refractivity contribution is -0.00882. The summed E-state index contributed by atoms with van der Waals surface area (Å²) < 4.78 is 5.44. The van der Waals surface area contributed by atoms with Gasteiger partial charge in [0.1, 0.15) is 0 Å². The van der Waals surface area contributed by atoms with Crippen LogP contribution in [0.3, 0.4) is 0 Å². The van der Waals surface area contributed by atoms with Crippen LogP contribution in [0.25, 0.3) is 0 Å². The first kappa shape index (κ1) is 8.97. The van der Waals surface area contributed by atoms with E-state index < -0.39 is 0 Å². The van der Waals surface area contributed by atoms with Crippen molar-refractivity contribution in [3.63, 3.8) is 0 Å². The number of hydrogen-bond donors (Lipinski definition) is 2. The van der Waals surface area contributed by atoms with Crippen molar-refractivity contribution < 1.29 is 9.84 Å². The Bertz CT molecular complexity index is 108. The molecular weight excluding hydrogens is 142 g/mol. The van der Waals surface area contributed by atoms with Crippen LogP contribution in [0, 0.1) is 0 Å². The molecular formula is C8H17NO2. The van der Waals surface area contributed by atoms with Crippen LogP contribution in [0.15, 0.2) is 0 Å². The van der Waals surface area contributed by atoms with Crippen LogP contribution in [-0.2, 0) is 4.74 Å². The van der Waals surface area contributed by atoms with Gasteiger partial charge in [0.05, 0.1) is 12.2 Å². The predicted octanol–water partition coefficient (Wildman–Crippen LogP) is 0.136. The molecule has 1 aliphatic rings. The molecule has 2 unspecified atom stereocenters. The van der Waals surface area contributed by atoms with E-state index >= 15 is 0 Å². The Kier molecular flexibility index (Phi) is 3.83. The summed E-state index contributed by atoms with van der Waals surface area (Å²) in [7, 11) is 0. The van der Waals surface area contributed by atoms with Gasteiger partial charge in [-0.05, 0) is 6.42 Å². The summed E-state index contributed by atoms with van der Waals surface area (Å²) in [5, 5.41) is 12.4. The Morgan fingerprint density at radius 3 is 2.91 bits per heavy atom. The Balaban J connectivity index is 2.05. The minimum absolute atomic E-state index is 0.0292. The van der Waals surface area contributed by atoms with Crippen molar-refractivity contribution in [2.75, 3.05) is 19.7 Å². The number of nitrogens with one attached hydrogen (secondary N) is 1. The Hall–Kier alpha value is -0.120. The molecule has 1 fully saturated rings. The van der Waals surface area contributed by atoms with Crippen LogP contribution >= 0.6 is 0 Å². The van der Waals surface area contributed by atoms with Crippen molar-refractivity contribution >= 4 is 0 Å². The van der Waals surface area contributed by atoms with E-state index in [0.717, 1.165) is 26.0 Å². The van der Waals surface area contributed by atoms with Gasteiger partial charge in [-0.2, -0.15) is 0 Å². The third-order valence-corrected chi connectivity index (χ3v) is 1.96. The fourth-order valence-electron chi connectivity index (χ4n) is 1.19. The van der Waals surface area contributed by atoms with Gasteiger partial charge in [-0.1, -0.05) is 13.3 Å². The molecule has 3 heteroatoms. The van der Waals surface area contributed by atoms with Crippen molar-refractivity contribution in [2.24, 2.45) is 0 Å². The summed E-state index contributed by atoms with van der Waals surface area (Å²) in [6.45, 7) is 4.38. The Labute approximate surface area is 67.7 Å². The van der Waals surface area contributed by atoms with E-state index in [1.54, 1.807) is 0 Å². The normalized spacial score (nSPS) is 31.1. The zero-order chi connectivity index (χ0) is 8.10. The average molecular weight is 159 g/mol. The molecule has 0 spiro atoms. The molecule has 0 aromatic carbocycles. The van der Waals surface area contributed by atoms with E-state index in [1.807, 2.05) is 0 Å². The van der Waals surface area contributed by atoms with Gasteiger partial charge in [-0.3, -0.25) is 0 Å². The summed E-state index contributed by atoms with van der Waals surface area (Å²) in [5.41, 5.74) is 0. The second-order valence-electron chi connectivity index (χ2n) is 2.99. The summed E-state index contributed by atoms with van der Waals surface area (Å²) in [6, 6.07) is 0. The molecule has 0 aromatic rings. The third kappa shape index (κ3) is 2.77. The van der Waals surface area contributed by atoms with Gasteiger partial charge in [0.2, 0.25) is 0 Å². The van der Waals surface area contributed by atoms with E-state index in [4.69, 9.17) is 4.74 Å². The Morgan fingerprint density at radius 2 is 2.36 bits per heavy atom. The maximum Gasteiger partial charge on any atom is 0.0970 e. The monoisotopic (exact) mass is 159 g/mol. The lowest BCUT2D eigenvalue weighted by Gasteiger charge is -2.13. The number of aliphatic hydroxyl groups is 1. The van der Waals surface area contributed by atoms with Crippen LogP contribution in [0.5, 0.6) is 0 Å². The molecule has 1 aliphatic heterocycles. The zero-order valence-electron chi connectivity index (χ0n) is 7.05. The summed E-state index contributed by atoms with van der Waals surface area (Å²) in [6.07, 6.45) is 1.97. The second kappa shape index (κ2) is 4.70. The summed E-state index contributed by atoms with van der Waals surface area (Å²) >= 11 is 0. The largest absolute Gasteiger partial charge is 0.389 e. The number of β-amino-alcohol motifs (C(OH)–C–C–N with tert-alkyl or cyclic N) is 1. The standard InChI is InChI=1S/C8H17NO2/c1-2-3-4-11-8-6-9-5-7(8)10/h7-10H,2-6H2,1H3. The summed E-state index contributed by atoms with van der Waals surface area (Å²) in [4.78, 5) is 0. The molecule has 0 amide bonds. The number of unbranched alkanes of at least 4 members (excludes halogenated alkanes) is 1.